The van der Waals surface area contributed by atoms with Crippen molar-refractivity contribution >= 4 is 23.2 Å². The molecule has 0 bridgehead atoms. The van der Waals surface area contributed by atoms with E-state index >= 15 is 0 Å². The maximum Gasteiger partial charge on any atom is 0.243 e. The van der Waals surface area contributed by atoms with Gasteiger partial charge in [0, 0.05) is 24.8 Å². The Kier molecular flexibility index (Phi) is 6.17. The molecule has 0 fully saturated rings. The molecule has 5 nitrogen and oxygen atoms in total. The number of hydrogen-bond donors (Lipinski definition) is 2. The molecule has 0 saturated heterocycles. The monoisotopic (exact) mass is 339 g/mol. The van der Waals surface area contributed by atoms with Gasteiger partial charge in [0.25, 0.3) is 0 Å². The first-order valence-electron chi connectivity index (χ1n) is 8.32. The van der Waals surface area contributed by atoms with Gasteiger partial charge in [-0.05, 0) is 49.1 Å². The normalized spacial score (nSPS) is 10.4. The number of nitrogens with two attached hydrogens (primary N) is 1. The minimum atomic E-state index is -0.205. The average Bonchev–Trinajstić information content (AvgIpc) is 2.58. The van der Waals surface area contributed by atoms with Crippen LogP contribution < -0.4 is 11.1 Å². The molecule has 3 N–H and O–H groups in total. The second-order valence-corrected chi connectivity index (χ2v) is 6.24. The van der Waals surface area contributed by atoms with E-state index in [1.54, 1.807) is 7.05 Å². The Balaban J connectivity index is 1.87. The molecule has 0 spiro atoms. The van der Waals surface area contributed by atoms with Crippen LogP contribution >= 0.6 is 0 Å². The Morgan fingerprint density at radius 2 is 1.80 bits per heavy atom. The maximum atomic E-state index is 12.2. The van der Waals surface area contributed by atoms with Gasteiger partial charge in [0.05, 0.1) is 6.54 Å². The van der Waals surface area contributed by atoms with Crippen molar-refractivity contribution < 1.29 is 9.59 Å². The molecule has 0 heterocycles. The summed E-state index contributed by atoms with van der Waals surface area (Å²) in [6.45, 7) is 3.98. The minimum Gasteiger partial charge on any atom is -0.399 e. The lowest BCUT2D eigenvalue weighted by Gasteiger charge is -2.18. The molecule has 0 aliphatic heterocycles. The molecule has 25 heavy (non-hydrogen) atoms. The SMILES string of the molecule is Cc1cccc(NC(=O)CN(C)C(=O)CCc2ccccc2N)c1C. The zero-order valence-corrected chi connectivity index (χ0v) is 15.0. The fourth-order valence-electron chi connectivity index (χ4n) is 2.57. The van der Waals surface area contributed by atoms with Gasteiger partial charge >= 0.3 is 0 Å². The smallest absolute Gasteiger partial charge is 0.243 e. The van der Waals surface area contributed by atoms with Crippen LogP contribution in [0.2, 0.25) is 0 Å². The van der Waals surface area contributed by atoms with Crippen molar-refractivity contribution in [2.24, 2.45) is 0 Å². The molecular formula is C20H25N3O2. The molecule has 0 aliphatic carbocycles. The molecule has 0 aromatic heterocycles. The second-order valence-electron chi connectivity index (χ2n) is 6.24. The van der Waals surface area contributed by atoms with Crippen LogP contribution in [0.25, 0.3) is 0 Å². The van der Waals surface area contributed by atoms with E-state index in [-0.39, 0.29) is 18.4 Å². The van der Waals surface area contributed by atoms with Crippen LogP contribution in [0.1, 0.15) is 23.1 Å². The van der Waals surface area contributed by atoms with Crippen molar-refractivity contribution in [2.75, 3.05) is 24.6 Å². The quantitative estimate of drug-likeness (QED) is 0.795. The van der Waals surface area contributed by atoms with E-state index < -0.39 is 0 Å². The number of rotatable bonds is 6. The van der Waals surface area contributed by atoms with Crippen molar-refractivity contribution in [3.05, 3.63) is 59.2 Å². The molecule has 2 aromatic carbocycles. The predicted octanol–water partition coefficient (Wildman–Crippen LogP) is 2.92. The third-order valence-corrected chi connectivity index (χ3v) is 4.35. The molecule has 132 valence electrons. The third-order valence-electron chi connectivity index (χ3n) is 4.35. The number of nitrogen functional groups attached to an aromatic ring is 1. The number of nitrogens with one attached hydrogen (secondary N) is 1. The van der Waals surface area contributed by atoms with Gasteiger partial charge in [-0.15, -0.1) is 0 Å². The summed E-state index contributed by atoms with van der Waals surface area (Å²) in [5.41, 5.74) is 10.4. The summed E-state index contributed by atoms with van der Waals surface area (Å²) in [6, 6.07) is 13.3. The average molecular weight is 339 g/mol. The van der Waals surface area contributed by atoms with Gasteiger partial charge in [0.15, 0.2) is 0 Å². The third kappa shape index (κ3) is 5.08. The van der Waals surface area contributed by atoms with Crippen LogP contribution in [0.5, 0.6) is 0 Å². The van der Waals surface area contributed by atoms with Crippen molar-refractivity contribution in [1.82, 2.24) is 4.90 Å². The van der Waals surface area contributed by atoms with Gasteiger partial charge in [0.1, 0.15) is 0 Å². The Labute approximate surface area is 148 Å². The number of para-hydroxylation sites is 1. The highest BCUT2D eigenvalue weighted by molar-refractivity contribution is 5.95. The molecular weight excluding hydrogens is 314 g/mol. The predicted molar refractivity (Wildman–Crippen MR) is 101 cm³/mol. The van der Waals surface area contributed by atoms with E-state index in [1.807, 2.05) is 56.3 Å². The van der Waals surface area contributed by atoms with Crippen LogP contribution in [-0.2, 0) is 16.0 Å². The number of hydrogen-bond acceptors (Lipinski definition) is 3. The van der Waals surface area contributed by atoms with E-state index in [0.29, 0.717) is 18.5 Å². The van der Waals surface area contributed by atoms with Crippen molar-refractivity contribution in [1.29, 1.82) is 0 Å². The first-order valence-corrected chi connectivity index (χ1v) is 8.32. The number of anilines is 2. The molecule has 0 aliphatic rings. The molecule has 2 rings (SSSR count). The number of nitrogens with zero attached hydrogens (tertiary/aromatic N) is 1. The first kappa shape index (κ1) is 18.5. The van der Waals surface area contributed by atoms with Crippen LogP contribution in [0.15, 0.2) is 42.5 Å². The van der Waals surface area contributed by atoms with Gasteiger partial charge in [-0.1, -0.05) is 30.3 Å². The number of benzene rings is 2. The van der Waals surface area contributed by atoms with E-state index in [4.69, 9.17) is 5.73 Å². The van der Waals surface area contributed by atoms with Crippen LogP contribution in [0.4, 0.5) is 11.4 Å². The van der Waals surface area contributed by atoms with E-state index in [2.05, 4.69) is 5.32 Å². The van der Waals surface area contributed by atoms with Crippen molar-refractivity contribution in [3.8, 4) is 0 Å². The molecule has 0 radical (unpaired) electrons. The molecule has 0 saturated carbocycles. The highest BCUT2D eigenvalue weighted by Gasteiger charge is 2.14. The standard InChI is InChI=1S/C20H25N3O2/c1-14-7-6-10-18(15(14)2)22-19(24)13-23(3)20(25)12-11-16-8-4-5-9-17(16)21/h4-10H,11-13,21H2,1-3H3,(H,22,24). The van der Waals surface area contributed by atoms with Crippen molar-refractivity contribution in [2.45, 2.75) is 26.7 Å². The summed E-state index contributed by atoms with van der Waals surface area (Å²) in [6.07, 6.45) is 0.885. The lowest BCUT2D eigenvalue weighted by Crippen LogP contribution is -2.35. The van der Waals surface area contributed by atoms with Crippen molar-refractivity contribution in [3.63, 3.8) is 0 Å². The highest BCUT2D eigenvalue weighted by Crippen LogP contribution is 2.18. The fraction of sp³-hybridized carbons (Fsp3) is 0.300. The van der Waals surface area contributed by atoms with Crippen LogP contribution in [-0.4, -0.2) is 30.3 Å². The summed E-state index contributed by atoms with van der Waals surface area (Å²) in [4.78, 5) is 25.9. The lowest BCUT2D eigenvalue weighted by atomic mass is 10.1. The molecule has 0 unspecified atom stereocenters. The van der Waals surface area contributed by atoms with Gasteiger partial charge in [-0.2, -0.15) is 0 Å². The molecule has 5 heteroatoms. The van der Waals surface area contributed by atoms with Gasteiger partial charge < -0.3 is 16.0 Å². The van der Waals surface area contributed by atoms with E-state index in [1.165, 1.54) is 4.90 Å². The number of carbonyl (C=O) groups excluding carboxylic acids is 2. The fourth-order valence-corrected chi connectivity index (χ4v) is 2.57. The zero-order valence-electron chi connectivity index (χ0n) is 15.0. The van der Waals surface area contributed by atoms with Crippen LogP contribution in [0, 0.1) is 13.8 Å². The number of aryl methyl sites for hydroxylation is 2. The maximum absolute atomic E-state index is 12.2. The summed E-state index contributed by atoms with van der Waals surface area (Å²) in [7, 11) is 1.64. The zero-order chi connectivity index (χ0) is 18.4. The van der Waals surface area contributed by atoms with Gasteiger partial charge in [-0.3, -0.25) is 9.59 Å². The summed E-state index contributed by atoms with van der Waals surface area (Å²) >= 11 is 0. The van der Waals surface area contributed by atoms with Gasteiger partial charge in [-0.25, -0.2) is 0 Å². The first-order chi connectivity index (χ1) is 11.9. The Morgan fingerprint density at radius 3 is 2.52 bits per heavy atom. The number of likely N-dealkylation sites (N-methyl/N-ethyl adjacent to an activating group) is 1. The summed E-state index contributed by atoms with van der Waals surface area (Å²) in [5, 5.41) is 2.87. The minimum absolute atomic E-state index is 0.0243. The Hall–Kier alpha value is -2.82. The molecule has 2 aromatic rings. The lowest BCUT2D eigenvalue weighted by molar-refractivity contribution is -0.133. The number of carbonyl (C=O) groups is 2. The van der Waals surface area contributed by atoms with E-state index in [9.17, 15) is 9.59 Å². The van der Waals surface area contributed by atoms with E-state index in [0.717, 1.165) is 22.4 Å². The Morgan fingerprint density at radius 1 is 1.08 bits per heavy atom. The largest absolute Gasteiger partial charge is 0.399 e. The second kappa shape index (κ2) is 8.33. The van der Waals surface area contributed by atoms with Crippen LogP contribution in [0.3, 0.4) is 0 Å². The topological polar surface area (TPSA) is 75.4 Å². The summed E-state index contributed by atoms with van der Waals surface area (Å²) < 4.78 is 0. The summed E-state index contributed by atoms with van der Waals surface area (Å²) in [5.74, 6) is -0.289. The molecule has 2 amide bonds. The highest BCUT2D eigenvalue weighted by atomic mass is 16.2. The molecule has 0 atom stereocenters. The Bertz CT molecular complexity index is 771. The van der Waals surface area contributed by atoms with Gasteiger partial charge in [0.2, 0.25) is 11.8 Å². The number of amides is 2.